The Bertz CT molecular complexity index is 762. The molecule has 27 heavy (non-hydrogen) atoms. The van der Waals surface area contributed by atoms with Gasteiger partial charge in [-0.2, -0.15) is 0 Å². The van der Waals surface area contributed by atoms with Gasteiger partial charge < -0.3 is 14.6 Å². The molecule has 0 spiro atoms. The van der Waals surface area contributed by atoms with Crippen LogP contribution in [0.3, 0.4) is 0 Å². The van der Waals surface area contributed by atoms with E-state index in [2.05, 4.69) is 31.9 Å². The number of aromatic nitrogens is 3. The summed E-state index contributed by atoms with van der Waals surface area (Å²) in [5.41, 5.74) is 0.817. The molecule has 9 heteroatoms. The molecule has 1 aliphatic rings. The van der Waals surface area contributed by atoms with Crippen LogP contribution >= 0.6 is 23.5 Å². The molecule has 3 rings (SSSR count). The Morgan fingerprint density at radius 2 is 2.11 bits per heavy atom. The third kappa shape index (κ3) is 5.71. The third-order valence-corrected chi connectivity index (χ3v) is 5.96. The molecular weight excluding hydrogens is 382 g/mol. The number of benzene rings is 1. The summed E-state index contributed by atoms with van der Waals surface area (Å²) in [6, 6.07) is 7.84. The SMILES string of the molecule is CCn1c(CN2CCOCC2)nnc1SCC(=O)Nc1cccc(SC)c1. The van der Waals surface area contributed by atoms with E-state index in [1.807, 2.05) is 30.5 Å². The summed E-state index contributed by atoms with van der Waals surface area (Å²) >= 11 is 3.07. The molecule has 1 aliphatic heterocycles. The van der Waals surface area contributed by atoms with Crippen LogP contribution in [0.25, 0.3) is 0 Å². The van der Waals surface area contributed by atoms with Crippen molar-refractivity contribution in [3.63, 3.8) is 0 Å². The van der Waals surface area contributed by atoms with Gasteiger partial charge in [0, 0.05) is 30.2 Å². The van der Waals surface area contributed by atoms with Gasteiger partial charge in [-0.25, -0.2) is 0 Å². The normalized spacial score (nSPS) is 15.0. The van der Waals surface area contributed by atoms with Gasteiger partial charge in [0.1, 0.15) is 5.82 Å². The highest BCUT2D eigenvalue weighted by Gasteiger charge is 2.17. The fourth-order valence-corrected chi connectivity index (χ4v) is 4.13. The molecule has 0 radical (unpaired) electrons. The van der Waals surface area contributed by atoms with E-state index in [0.717, 1.165) is 61.0 Å². The van der Waals surface area contributed by atoms with Gasteiger partial charge in [-0.15, -0.1) is 22.0 Å². The average molecular weight is 408 g/mol. The second kappa shape index (κ2) is 10.1. The second-order valence-corrected chi connectivity index (χ2v) is 7.92. The van der Waals surface area contributed by atoms with Crippen LogP contribution in [-0.2, 0) is 22.6 Å². The zero-order chi connectivity index (χ0) is 19.1. The monoisotopic (exact) mass is 407 g/mol. The van der Waals surface area contributed by atoms with Crippen LogP contribution in [0.2, 0.25) is 0 Å². The molecule has 1 fully saturated rings. The molecular formula is C18H25N5O2S2. The molecule has 146 valence electrons. The van der Waals surface area contributed by atoms with Crippen molar-refractivity contribution < 1.29 is 9.53 Å². The molecule has 0 bridgehead atoms. The van der Waals surface area contributed by atoms with Crippen LogP contribution in [-0.4, -0.2) is 63.9 Å². The summed E-state index contributed by atoms with van der Waals surface area (Å²) in [5.74, 6) is 1.20. The molecule has 7 nitrogen and oxygen atoms in total. The first-order chi connectivity index (χ1) is 13.2. The first kappa shape index (κ1) is 20.2. The molecule has 0 atom stereocenters. The fourth-order valence-electron chi connectivity index (χ4n) is 2.85. The highest BCUT2D eigenvalue weighted by molar-refractivity contribution is 7.99. The Morgan fingerprint density at radius 3 is 2.85 bits per heavy atom. The van der Waals surface area contributed by atoms with Gasteiger partial charge >= 0.3 is 0 Å². The van der Waals surface area contributed by atoms with Gasteiger partial charge in [0.05, 0.1) is 25.5 Å². The largest absolute Gasteiger partial charge is 0.379 e. The molecule has 2 heterocycles. The standard InChI is InChI=1S/C18H25N5O2S2/c1-3-23-16(12-22-7-9-25-10-8-22)20-21-18(23)27-13-17(24)19-14-5-4-6-15(11-14)26-2/h4-6,11H,3,7-10,12-13H2,1-2H3,(H,19,24). The molecule has 1 amide bonds. The van der Waals surface area contributed by atoms with Gasteiger partial charge in [-0.3, -0.25) is 9.69 Å². The maximum Gasteiger partial charge on any atom is 0.234 e. The van der Waals surface area contributed by atoms with Crippen molar-refractivity contribution in [1.29, 1.82) is 0 Å². The lowest BCUT2D eigenvalue weighted by atomic mass is 10.3. The molecule has 1 saturated heterocycles. The number of thioether (sulfide) groups is 2. The number of anilines is 1. The maximum absolute atomic E-state index is 12.3. The number of nitrogens with one attached hydrogen (secondary N) is 1. The summed E-state index contributed by atoms with van der Waals surface area (Å²) < 4.78 is 7.48. The number of amides is 1. The number of morpholine rings is 1. The topological polar surface area (TPSA) is 72.3 Å². The number of ether oxygens (including phenoxy) is 1. The third-order valence-electron chi connectivity index (χ3n) is 4.26. The summed E-state index contributed by atoms with van der Waals surface area (Å²) in [7, 11) is 0. The summed E-state index contributed by atoms with van der Waals surface area (Å²) in [6.45, 7) is 6.97. The Morgan fingerprint density at radius 1 is 1.30 bits per heavy atom. The van der Waals surface area contributed by atoms with E-state index >= 15 is 0 Å². The van der Waals surface area contributed by atoms with E-state index in [1.54, 1.807) is 11.8 Å². The highest BCUT2D eigenvalue weighted by atomic mass is 32.2. The van der Waals surface area contributed by atoms with E-state index in [9.17, 15) is 4.79 Å². The van der Waals surface area contributed by atoms with E-state index in [-0.39, 0.29) is 5.91 Å². The van der Waals surface area contributed by atoms with E-state index in [4.69, 9.17) is 4.74 Å². The van der Waals surface area contributed by atoms with Gasteiger partial charge in [-0.1, -0.05) is 17.8 Å². The Hall–Kier alpha value is -1.55. The Labute approximate surface area is 168 Å². The van der Waals surface area contributed by atoms with Gasteiger partial charge in [0.2, 0.25) is 5.91 Å². The second-order valence-electron chi connectivity index (χ2n) is 6.10. The summed E-state index contributed by atoms with van der Waals surface area (Å²) in [5, 5.41) is 12.4. The summed E-state index contributed by atoms with van der Waals surface area (Å²) in [4.78, 5) is 15.7. The van der Waals surface area contributed by atoms with Crippen LogP contribution in [0, 0.1) is 0 Å². The van der Waals surface area contributed by atoms with Crippen molar-refractivity contribution in [2.75, 3.05) is 43.6 Å². The van der Waals surface area contributed by atoms with Crippen molar-refractivity contribution in [2.24, 2.45) is 0 Å². The molecule has 1 aromatic carbocycles. The van der Waals surface area contributed by atoms with Crippen LogP contribution in [0.4, 0.5) is 5.69 Å². The van der Waals surface area contributed by atoms with Crippen molar-refractivity contribution in [3.05, 3.63) is 30.1 Å². The smallest absolute Gasteiger partial charge is 0.234 e. The quantitative estimate of drug-likeness (QED) is 0.674. The predicted molar refractivity (Wildman–Crippen MR) is 109 cm³/mol. The van der Waals surface area contributed by atoms with Crippen LogP contribution in [0.1, 0.15) is 12.7 Å². The predicted octanol–water partition coefficient (Wildman–Crippen LogP) is 2.58. The van der Waals surface area contributed by atoms with Gasteiger partial charge in [-0.05, 0) is 31.4 Å². The number of carbonyl (C=O) groups excluding carboxylic acids is 1. The van der Waals surface area contributed by atoms with Gasteiger partial charge in [0.25, 0.3) is 0 Å². The highest BCUT2D eigenvalue weighted by Crippen LogP contribution is 2.21. The minimum absolute atomic E-state index is 0.0429. The molecule has 0 saturated carbocycles. The number of carbonyl (C=O) groups is 1. The molecule has 0 aliphatic carbocycles. The average Bonchev–Trinajstić information content (AvgIpc) is 3.08. The number of hydrogen-bond donors (Lipinski definition) is 1. The van der Waals surface area contributed by atoms with E-state index in [0.29, 0.717) is 5.75 Å². The Balaban J connectivity index is 1.56. The lowest BCUT2D eigenvalue weighted by Gasteiger charge is -2.26. The lowest BCUT2D eigenvalue weighted by molar-refractivity contribution is -0.113. The van der Waals surface area contributed by atoms with E-state index in [1.165, 1.54) is 11.8 Å². The first-order valence-electron chi connectivity index (χ1n) is 8.98. The molecule has 1 N–H and O–H groups in total. The first-order valence-corrected chi connectivity index (χ1v) is 11.2. The lowest BCUT2D eigenvalue weighted by Crippen LogP contribution is -2.36. The minimum Gasteiger partial charge on any atom is -0.379 e. The molecule has 1 aromatic heterocycles. The molecule has 0 unspecified atom stereocenters. The zero-order valence-corrected chi connectivity index (χ0v) is 17.3. The van der Waals surface area contributed by atoms with Crippen LogP contribution in [0.5, 0.6) is 0 Å². The van der Waals surface area contributed by atoms with Crippen molar-refractivity contribution in [3.8, 4) is 0 Å². The summed E-state index contributed by atoms with van der Waals surface area (Å²) in [6.07, 6.45) is 2.02. The van der Waals surface area contributed by atoms with Gasteiger partial charge in [0.15, 0.2) is 5.16 Å². The number of hydrogen-bond acceptors (Lipinski definition) is 7. The van der Waals surface area contributed by atoms with Crippen molar-refractivity contribution >= 4 is 35.1 Å². The van der Waals surface area contributed by atoms with Crippen molar-refractivity contribution in [2.45, 2.75) is 30.1 Å². The minimum atomic E-state index is -0.0429. The maximum atomic E-state index is 12.3. The van der Waals surface area contributed by atoms with Crippen LogP contribution in [0.15, 0.2) is 34.3 Å². The zero-order valence-electron chi connectivity index (χ0n) is 15.7. The molecule has 2 aromatic rings. The number of rotatable bonds is 8. The van der Waals surface area contributed by atoms with E-state index < -0.39 is 0 Å². The number of nitrogens with zero attached hydrogens (tertiary/aromatic N) is 4. The fraction of sp³-hybridized carbons (Fsp3) is 0.500. The van der Waals surface area contributed by atoms with Crippen LogP contribution < -0.4 is 5.32 Å². The van der Waals surface area contributed by atoms with Crippen molar-refractivity contribution in [1.82, 2.24) is 19.7 Å². The Kier molecular flexibility index (Phi) is 7.57.